The van der Waals surface area contributed by atoms with E-state index in [2.05, 4.69) is 15.4 Å². The van der Waals surface area contributed by atoms with Crippen LogP contribution in [0, 0.1) is 5.82 Å². The molecule has 3 rings (SSSR count). The Hall–Kier alpha value is -2.89. The fraction of sp³-hybridized carbons (Fsp3) is 0.389. The minimum Gasteiger partial charge on any atom is -0.453 e. The van der Waals surface area contributed by atoms with Crippen molar-refractivity contribution in [2.75, 3.05) is 5.32 Å². The predicted molar refractivity (Wildman–Crippen MR) is 102 cm³/mol. The van der Waals surface area contributed by atoms with E-state index in [1.165, 1.54) is 0 Å². The van der Waals surface area contributed by atoms with Gasteiger partial charge in [0.15, 0.2) is 16.8 Å². The van der Waals surface area contributed by atoms with Crippen LogP contribution in [0.25, 0.3) is 0 Å². The normalized spacial score (nSPS) is 22.1. The van der Waals surface area contributed by atoms with Crippen LogP contribution in [-0.2, 0) is 10.3 Å². The number of hydrogen-bond acceptors (Lipinski definition) is 5. The molecule has 1 aliphatic rings. The van der Waals surface area contributed by atoms with Gasteiger partial charge in [0, 0.05) is 11.3 Å². The second kappa shape index (κ2) is 7.36. The summed E-state index contributed by atoms with van der Waals surface area (Å²) in [6.07, 6.45) is 0.750. The Bertz CT molecular complexity index is 1070. The highest BCUT2D eigenvalue weighted by Crippen LogP contribution is 2.51. The van der Waals surface area contributed by atoms with E-state index in [0.29, 0.717) is 0 Å². The van der Waals surface area contributed by atoms with Gasteiger partial charge < -0.3 is 15.8 Å². The Labute approximate surface area is 178 Å². The third-order valence-corrected chi connectivity index (χ3v) is 5.19. The molecule has 13 heteroatoms. The number of rotatable bonds is 4. The molecule has 0 radical (unpaired) electrons. The van der Waals surface area contributed by atoms with Crippen LogP contribution in [0.5, 0.6) is 0 Å². The average molecular weight is 466 g/mol. The van der Waals surface area contributed by atoms with Crippen molar-refractivity contribution in [3.63, 3.8) is 0 Å². The molecular weight excluding hydrogens is 449 g/mol. The molecule has 7 nitrogen and oxygen atoms in total. The van der Waals surface area contributed by atoms with E-state index in [-0.39, 0.29) is 15.4 Å². The molecule has 31 heavy (non-hydrogen) atoms. The summed E-state index contributed by atoms with van der Waals surface area (Å²) in [5, 5.41) is 5.28. The lowest BCUT2D eigenvalue weighted by Gasteiger charge is -2.46. The van der Waals surface area contributed by atoms with Gasteiger partial charge in [-0.2, -0.15) is 22.7 Å². The van der Waals surface area contributed by atoms with Crippen molar-refractivity contribution in [2.24, 2.45) is 10.7 Å². The highest BCUT2D eigenvalue weighted by Gasteiger charge is 2.66. The van der Waals surface area contributed by atoms with Gasteiger partial charge in [-0.1, -0.05) is 11.6 Å². The molecule has 1 amide bonds. The number of carbonyl (C=O) groups is 1. The second-order valence-electron chi connectivity index (χ2n) is 7.44. The molecule has 1 atom stereocenters. The molecule has 0 saturated carbocycles. The van der Waals surface area contributed by atoms with Crippen LogP contribution in [0.2, 0.25) is 5.02 Å². The third kappa shape index (κ3) is 3.68. The summed E-state index contributed by atoms with van der Waals surface area (Å²) in [6, 6.07) is 2.32. The molecule has 168 valence electrons. The third-order valence-electron chi connectivity index (χ3n) is 4.91. The molecule has 0 unspecified atom stereocenters. The highest BCUT2D eigenvalue weighted by molar-refractivity contribution is 6.34. The number of nitrogens with one attached hydrogen (secondary N) is 1. The molecule has 0 spiro atoms. The number of nitrogens with two attached hydrogens (primary N) is 1. The molecule has 1 aromatic carbocycles. The van der Waals surface area contributed by atoms with E-state index >= 15 is 8.78 Å². The maximum atomic E-state index is 15.2. The maximum absolute atomic E-state index is 15.2. The predicted octanol–water partition coefficient (Wildman–Crippen LogP) is 4.30. The summed E-state index contributed by atoms with van der Waals surface area (Å²) in [7, 11) is 0. The van der Waals surface area contributed by atoms with Crippen molar-refractivity contribution < 1.29 is 31.5 Å². The lowest BCUT2D eigenvalue weighted by molar-refractivity contribution is -0.207. The number of alkyl halides is 4. The van der Waals surface area contributed by atoms with Crippen LogP contribution < -0.4 is 11.1 Å². The van der Waals surface area contributed by atoms with Gasteiger partial charge in [0.05, 0.1) is 11.2 Å². The number of carbonyl (C=O) groups excluding carboxylic acids is 1. The van der Waals surface area contributed by atoms with E-state index in [0.717, 1.165) is 45.2 Å². The van der Waals surface area contributed by atoms with Gasteiger partial charge in [0.2, 0.25) is 0 Å². The summed E-state index contributed by atoms with van der Waals surface area (Å²) < 4.78 is 75.6. The number of amidine groups is 1. The van der Waals surface area contributed by atoms with E-state index in [1.54, 1.807) is 0 Å². The van der Waals surface area contributed by atoms with Crippen molar-refractivity contribution >= 4 is 29.2 Å². The summed E-state index contributed by atoms with van der Waals surface area (Å²) in [5.41, 5.74) is -0.267. The van der Waals surface area contributed by atoms with Gasteiger partial charge >= 0.3 is 12.5 Å². The number of halogens is 6. The van der Waals surface area contributed by atoms with Crippen molar-refractivity contribution in [2.45, 2.75) is 44.4 Å². The summed E-state index contributed by atoms with van der Waals surface area (Å²) in [6.45, 7) is 0.115. The fourth-order valence-corrected chi connectivity index (χ4v) is 3.47. The molecule has 0 aliphatic carbocycles. The van der Waals surface area contributed by atoms with E-state index < -0.39 is 52.6 Å². The first kappa shape index (κ1) is 22.8. The maximum Gasteiger partial charge on any atom is 0.333 e. The van der Waals surface area contributed by atoms with Crippen molar-refractivity contribution in [3.05, 3.63) is 46.5 Å². The molecule has 2 aromatic rings. The smallest absolute Gasteiger partial charge is 0.333 e. The number of hydrogen-bond donors (Lipinski definition) is 2. The molecular formula is C18H17ClF5N5O2. The zero-order valence-electron chi connectivity index (χ0n) is 16.4. The van der Waals surface area contributed by atoms with Gasteiger partial charge in [-0.05, 0) is 39.0 Å². The Morgan fingerprint density at radius 1 is 1.29 bits per heavy atom. The van der Waals surface area contributed by atoms with Crippen LogP contribution in [0.15, 0.2) is 29.4 Å². The molecule has 0 bridgehead atoms. The minimum atomic E-state index is -3.72. The number of ether oxygens (including phenoxy) is 1. The van der Waals surface area contributed by atoms with Crippen LogP contribution >= 0.6 is 11.6 Å². The van der Waals surface area contributed by atoms with E-state index in [9.17, 15) is 18.0 Å². The quantitative estimate of drug-likeness (QED) is 0.658. The van der Waals surface area contributed by atoms with Crippen molar-refractivity contribution in [1.29, 1.82) is 0 Å². The number of aliphatic imine (C=N–C) groups is 1. The Morgan fingerprint density at radius 2 is 1.94 bits per heavy atom. The lowest BCUT2D eigenvalue weighted by Crippen LogP contribution is -2.62. The van der Waals surface area contributed by atoms with Gasteiger partial charge in [0.25, 0.3) is 11.9 Å². The number of nitrogens with zero attached hydrogens (tertiary/aromatic N) is 3. The van der Waals surface area contributed by atoms with Gasteiger partial charge in [0.1, 0.15) is 5.82 Å². The molecule has 0 fully saturated rings. The number of aromatic nitrogens is 2. The molecule has 0 saturated heterocycles. The average Bonchev–Trinajstić information content (AvgIpc) is 3.03. The van der Waals surface area contributed by atoms with Gasteiger partial charge in [-0.25, -0.2) is 14.1 Å². The molecule has 2 heterocycles. The highest BCUT2D eigenvalue weighted by atomic mass is 35.5. The van der Waals surface area contributed by atoms with Crippen LogP contribution in [0.1, 0.15) is 43.4 Å². The Kier molecular flexibility index (Phi) is 5.41. The van der Waals surface area contributed by atoms with Crippen LogP contribution in [0.4, 0.5) is 27.6 Å². The fourth-order valence-electron chi connectivity index (χ4n) is 3.24. The second-order valence-corrected chi connectivity index (χ2v) is 7.85. The number of benzene rings is 1. The van der Waals surface area contributed by atoms with Crippen LogP contribution in [0.3, 0.4) is 0 Å². The standard InChI is InChI=1S/C18H17ClF5N5O2/c1-16(2)18(23,24)17(3,27-15(25)31-16)9-6-8(4-5-11(9)20)26-13(30)12-10(19)7-29(28-12)14(21)22/h4-7,14H,1-3H3,(H2,25,27)(H,26,30)/t17-/m1/s1. The monoisotopic (exact) mass is 465 g/mol. The minimum absolute atomic E-state index is 0.126. The number of anilines is 1. The Balaban J connectivity index is 2.01. The Morgan fingerprint density at radius 3 is 2.52 bits per heavy atom. The van der Waals surface area contributed by atoms with E-state index in [1.807, 2.05) is 0 Å². The molecule has 3 N–H and O–H groups in total. The number of amides is 1. The van der Waals surface area contributed by atoms with Gasteiger partial charge in [-0.3, -0.25) is 4.79 Å². The zero-order valence-corrected chi connectivity index (χ0v) is 17.1. The molecule has 1 aliphatic heterocycles. The first-order chi connectivity index (χ1) is 14.2. The van der Waals surface area contributed by atoms with E-state index in [4.69, 9.17) is 22.1 Å². The first-order valence-corrected chi connectivity index (χ1v) is 9.14. The summed E-state index contributed by atoms with van der Waals surface area (Å²) in [5.74, 6) is -5.75. The van der Waals surface area contributed by atoms with Crippen molar-refractivity contribution in [3.8, 4) is 0 Å². The SMILES string of the molecule is CC1(C)OC(N)=N[C@](C)(c2cc(NC(=O)c3nn(C(F)F)cc3Cl)ccc2F)C1(F)F. The van der Waals surface area contributed by atoms with Crippen molar-refractivity contribution in [1.82, 2.24) is 9.78 Å². The largest absolute Gasteiger partial charge is 0.453 e. The topological polar surface area (TPSA) is 94.5 Å². The van der Waals surface area contributed by atoms with Crippen LogP contribution in [-0.4, -0.2) is 33.2 Å². The lowest BCUT2D eigenvalue weighted by atomic mass is 9.77. The zero-order chi connectivity index (χ0) is 23.4. The van der Waals surface area contributed by atoms with Gasteiger partial charge in [-0.15, -0.1) is 0 Å². The summed E-state index contributed by atoms with van der Waals surface area (Å²) in [4.78, 5) is 16.0. The first-order valence-electron chi connectivity index (χ1n) is 8.76. The summed E-state index contributed by atoms with van der Waals surface area (Å²) >= 11 is 5.75. The molecule has 1 aromatic heterocycles.